The minimum atomic E-state index is -0.148. The predicted molar refractivity (Wildman–Crippen MR) is 80.7 cm³/mol. The molecule has 1 saturated heterocycles. The third-order valence-corrected chi connectivity index (χ3v) is 3.98. The molecule has 0 radical (unpaired) electrons. The van der Waals surface area contributed by atoms with Crippen molar-refractivity contribution in [3.63, 3.8) is 0 Å². The molecule has 0 saturated carbocycles. The van der Waals surface area contributed by atoms with E-state index in [1.807, 2.05) is 12.1 Å². The third-order valence-electron chi connectivity index (χ3n) is 3.98. The van der Waals surface area contributed by atoms with Crippen molar-refractivity contribution >= 4 is 0 Å². The van der Waals surface area contributed by atoms with Crippen molar-refractivity contribution in [2.75, 3.05) is 33.9 Å². The maximum absolute atomic E-state index is 14.0. The van der Waals surface area contributed by atoms with Crippen LogP contribution in [-0.4, -0.2) is 51.0 Å². The zero-order chi connectivity index (χ0) is 15.2. The van der Waals surface area contributed by atoms with E-state index in [1.54, 1.807) is 20.3 Å². The Morgan fingerprint density at radius 1 is 1.24 bits per heavy atom. The van der Waals surface area contributed by atoms with Gasteiger partial charge in [-0.1, -0.05) is 19.1 Å². The van der Waals surface area contributed by atoms with Crippen LogP contribution in [0.1, 0.15) is 18.1 Å². The second-order valence-corrected chi connectivity index (χ2v) is 5.45. The van der Waals surface area contributed by atoms with Gasteiger partial charge in [-0.05, 0) is 18.2 Å². The van der Waals surface area contributed by atoms with E-state index in [0.717, 1.165) is 37.3 Å². The minimum Gasteiger partial charge on any atom is -0.377 e. The lowest BCUT2D eigenvalue weighted by Gasteiger charge is -2.16. The molecular formula is C16H25FN2O2. The van der Waals surface area contributed by atoms with Crippen molar-refractivity contribution in [2.24, 2.45) is 0 Å². The van der Waals surface area contributed by atoms with Crippen LogP contribution in [0.15, 0.2) is 18.2 Å². The molecule has 1 aromatic carbocycles. The van der Waals surface area contributed by atoms with Gasteiger partial charge in [0, 0.05) is 46.0 Å². The molecule has 0 spiro atoms. The highest BCUT2D eigenvalue weighted by atomic mass is 19.1. The quantitative estimate of drug-likeness (QED) is 0.831. The van der Waals surface area contributed by atoms with Crippen LogP contribution in [-0.2, 0) is 22.6 Å². The molecule has 0 aromatic heterocycles. The fraction of sp³-hybridized carbons (Fsp3) is 0.625. The van der Waals surface area contributed by atoms with E-state index in [4.69, 9.17) is 9.47 Å². The van der Waals surface area contributed by atoms with E-state index >= 15 is 0 Å². The maximum Gasteiger partial charge on any atom is 0.127 e. The minimum absolute atomic E-state index is 0.0583. The number of methoxy groups -OCH3 is 2. The molecule has 1 aliphatic heterocycles. The van der Waals surface area contributed by atoms with Gasteiger partial charge in [0.1, 0.15) is 5.82 Å². The Morgan fingerprint density at radius 2 is 1.90 bits per heavy atom. The van der Waals surface area contributed by atoms with Gasteiger partial charge in [0.2, 0.25) is 0 Å². The Labute approximate surface area is 126 Å². The van der Waals surface area contributed by atoms with Gasteiger partial charge >= 0.3 is 0 Å². The van der Waals surface area contributed by atoms with Crippen molar-refractivity contribution in [3.8, 4) is 0 Å². The molecule has 1 N–H and O–H groups in total. The van der Waals surface area contributed by atoms with Gasteiger partial charge in [-0.3, -0.25) is 4.90 Å². The van der Waals surface area contributed by atoms with E-state index in [0.29, 0.717) is 6.54 Å². The molecule has 0 amide bonds. The summed E-state index contributed by atoms with van der Waals surface area (Å²) in [6.07, 6.45) is 0.117. The first-order valence-corrected chi connectivity index (χ1v) is 7.43. The SMILES string of the molecule is CCNCc1ccc(F)c(CN2CC(OC)C(OC)C2)c1. The molecule has 1 aromatic rings. The molecule has 2 atom stereocenters. The van der Waals surface area contributed by atoms with E-state index < -0.39 is 0 Å². The fourth-order valence-electron chi connectivity index (χ4n) is 2.77. The third kappa shape index (κ3) is 4.23. The van der Waals surface area contributed by atoms with E-state index in [1.165, 1.54) is 0 Å². The van der Waals surface area contributed by atoms with Crippen molar-refractivity contribution in [1.82, 2.24) is 10.2 Å². The lowest BCUT2D eigenvalue weighted by molar-refractivity contribution is -0.00461. The lowest BCUT2D eigenvalue weighted by Crippen LogP contribution is -2.27. The largest absolute Gasteiger partial charge is 0.377 e. The molecule has 1 fully saturated rings. The van der Waals surface area contributed by atoms with Crippen LogP contribution in [0, 0.1) is 5.82 Å². The van der Waals surface area contributed by atoms with Crippen molar-refractivity contribution in [1.29, 1.82) is 0 Å². The molecular weight excluding hydrogens is 271 g/mol. The number of rotatable bonds is 7. The molecule has 4 nitrogen and oxygen atoms in total. The summed E-state index contributed by atoms with van der Waals surface area (Å²) in [7, 11) is 3.38. The van der Waals surface area contributed by atoms with E-state index in [-0.39, 0.29) is 18.0 Å². The van der Waals surface area contributed by atoms with Crippen molar-refractivity contribution in [3.05, 3.63) is 35.1 Å². The van der Waals surface area contributed by atoms with Gasteiger partial charge in [0.25, 0.3) is 0 Å². The zero-order valence-electron chi connectivity index (χ0n) is 13.1. The number of ether oxygens (including phenoxy) is 2. The average Bonchev–Trinajstić information content (AvgIpc) is 2.90. The number of nitrogens with one attached hydrogen (secondary N) is 1. The Hall–Kier alpha value is -1.01. The molecule has 2 rings (SSSR count). The zero-order valence-corrected chi connectivity index (χ0v) is 13.1. The van der Waals surface area contributed by atoms with Gasteiger partial charge in [-0.15, -0.1) is 0 Å². The van der Waals surface area contributed by atoms with Gasteiger partial charge in [-0.2, -0.15) is 0 Å². The number of hydrogen-bond acceptors (Lipinski definition) is 4. The Morgan fingerprint density at radius 3 is 2.48 bits per heavy atom. The molecule has 0 bridgehead atoms. The summed E-state index contributed by atoms with van der Waals surface area (Å²) < 4.78 is 24.8. The first-order chi connectivity index (χ1) is 10.2. The van der Waals surface area contributed by atoms with Crippen molar-refractivity contribution < 1.29 is 13.9 Å². The predicted octanol–water partition coefficient (Wildman–Crippen LogP) is 1.78. The number of likely N-dealkylation sites (tertiary alicyclic amines) is 1. The topological polar surface area (TPSA) is 33.7 Å². The first-order valence-electron chi connectivity index (χ1n) is 7.43. The van der Waals surface area contributed by atoms with Crippen LogP contribution in [0.25, 0.3) is 0 Å². The molecule has 1 aliphatic rings. The van der Waals surface area contributed by atoms with E-state index in [2.05, 4.69) is 17.1 Å². The Balaban J connectivity index is 2.02. The van der Waals surface area contributed by atoms with Crippen LogP contribution in [0.3, 0.4) is 0 Å². The fourth-order valence-corrected chi connectivity index (χ4v) is 2.77. The van der Waals surface area contributed by atoms with Crippen LogP contribution in [0.4, 0.5) is 4.39 Å². The highest BCUT2D eigenvalue weighted by Crippen LogP contribution is 2.20. The highest BCUT2D eigenvalue weighted by Gasteiger charge is 2.33. The van der Waals surface area contributed by atoms with Crippen molar-refractivity contribution in [2.45, 2.75) is 32.2 Å². The van der Waals surface area contributed by atoms with Crippen LogP contribution >= 0.6 is 0 Å². The summed E-state index contributed by atoms with van der Waals surface area (Å²) >= 11 is 0. The van der Waals surface area contributed by atoms with Gasteiger partial charge in [-0.25, -0.2) is 4.39 Å². The summed E-state index contributed by atoms with van der Waals surface area (Å²) in [5.74, 6) is -0.148. The summed E-state index contributed by atoms with van der Waals surface area (Å²) in [6.45, 7) is 5.86. The summed E-state index contributed by atoms with van der Waals surface area (Å²) in [5.41, 5.74) is 1.84. The summed E-state index contributed by atoms with van der Waals surface area (Å²) in [6, 6.07) is 5.33. The smallest absolute Gasteiger partial charge is 0.127 e. The molecule has 5 heteroatoms. The monoisotopic (exact) mass is 296 g/mol. The van der Waals surface area contributed by atoms with Crippen LogP contribution in [0.2, 0.25) is 0 Å². The summed E-state index contributed by atoms with van der Waals surface area (Å²) in [4.78, 5) is 2.18. The number of nitrogens with zero attached hydrogens (tertiary/aromatic N) is 1. The standard InChI is InChI=1S/C16H25FN2O2/c1-4-18-8-12-5-6-14(17)13(7-12)9-19-10-15(20-2)16(11-19)21-3/h5-7,15-16,18H,4,8-11H2,1-3H3. The Bertz CT molecular complexity index is 444. The second kappa shape index (κ2) is 7.84. The summed E-state index contributed by atoms with van der Waals surface area (Å²) in [5, 5.41) is 3.26. The molecule has 2 unspecified atom stereocenters. The first kappa shape index (κ1) is 16.4. The van der Waals surface area contributed by atoms with Gasteiger partial charge < -0.3 is 14.8 Å². The number of hydrogen-bond donors (Lipinski definition) is 1. The normalized spacial score (nSPS) is 22.9. The molecule has 0 aliphatic carbocycles. The number of benzene rings is 1. The van der Waals surface area contributed by atoms with Crippen LogP contribution in [0.5, 0.6) is 0 Å². The van der Waals surface area contributed by atoms with E-state index in [9.17, 15) is 4.39 Å². The molecule has 21 heavy (non-hydrogen) atoms. The number of halogens is 1. The van der Waals surface area contributed by atoms with Gasteiger partial charge in [0.05, 0.1) is 12.2 Å². The lowest BCUT2D eigenvalue weighted by atomic mass is 10.1. The highest BCUT2D eigenvalue weighted by molar-refractivity contribution is 5.25. The average molecular weight is 296 g/mol. The van der Waals surface area contributed by atoms with Gasteiger partial charge in [0.15, 0.2) is 0 Å². The second-order valence-electron chi connectivity index (χ2n) is 5.45. The van der Waals surface area contributed by atoms with Crippen LogP contribution < -0.4 is 5.32 Å². The Kier molecular flexibility index (Phi) is 6.11. The molecule has 1 heterocycles. The maximum atomic E-state index is 14.0. The molecule has 118 valence electrons.